The Hall–Kier alpha value is -0.820. The summed E-state index contributed by atoms with van der Waals surface area (Å²) in [5.41, 5.74) is 3.16. The lowest BCUT2D eigenvalue weighted by atomic mass is 9.78. The van der Waals surface area contributed by atoms with Gasteiger partial charge >= 0.3 is 0 Å². The van der Waals surface area contributed by atoms with Crippen LogP contribution < -0.4 is 5.32 Å². The number of aryl methyl sites for hydroxylation is 1. The molecule has 18 heavy (non-hydrogen) atoms. The molecule has 0 aromatic heterocycles. The molecule has 1 nitrogen and oxygen atoms in total. The molecule has 0 fully saturated rings. The molecule has 0 aliphatic rings. The Morgan fingerprint density at radius 3 is 2.11 bits per heavy atom. The van der Waals surface area contributed by atoms with Gasteiger partial charge in [0.1, 0.15) is 0 Å². The fourth-order valence-electron chi connectivity index (χ4n) is 2.09. The van der Waals surface area contributed by atoms with Gasteiger partial charge in [0.25, 0.3) is 0 Å². The van der Waals surface area contributed by atoms with Crippen LogP contribution in [0, 0.1) is 18.3 Å². The summed E-state index contributed by atoms with van der Waals surface area (Å²) in [5.74, 6) is 0.723. The van der Waals surface area contributed by atoms with Crippen molar-refractivity contribution in [2.75, 3.05) is 7.05 Å². The van der Waals surface area contributed by atoms with Crippen molar-refractivity contribution in [3.8, 4) is 0 Å². The molecular weight excluding hydrogens is 218 g/mol. The van der Waals surface area contributed by atoms with Gasteiger partial charge in [0.15, 0.2) is 0 Å². The van der Waals surface area contributed by atoms with Gasteiger partial charge in [0.2, 0.25) is 0 Å². The zero-order chi connectivity index (χ0) is 13.8. The van der Waals surface area contributed by atoms with Gasteiger partial charge in [-0.25, -0.2) is 0 Å². The number of likely N-dealkylation sites (N-methyl/N-ethyl adjacent to an activating group) is 1. The molecule has 1 heteroatoms. The molecular formula is C17H29N. The quantitative estimate of drug-likeness (QED) is 0.822. The molecule has 0 spiro atoms. The van der Waals surface area contributed by atoms with E-state index in [1.165, 1.54) is 17.5 Å². The second kappa shape index (κ2) is 6.38. The predicted octanol–water partition coefficient (Wildman–Crippen LogP) is 4.20. The second-order valence-electron chi connectivity index (χ2n) is 6.68. The van der Waals surface area contributed by atoms with Crippen molar-refractivity contribution in [2.24, 2.45) is 11.3 Å². The zero-order valence-electron chi connectivity index (χ0n) is 12.9. The van der Waals surface area contributed by atoms with Crippen LogP contribution in [0.2, 0.25) is 0 Å². The average molecular weight is 247 g/mol. The maximum Gasteiger partial charge on any atom is 0.0107 e. The molecule has 1 rings (SSSR count). The fraction of sp³-hybridized carbons (Fsp3) is 0.647. The maximum absolute atomic E-state index is 3.47. The first-order valence-corrected chi connectivity index (χ1v) is 7.05. The van der Waals surface area contributed by atoms with Crippen LogP contribution in [0.5, 0.6) is 0 Å². The van der Waals surface area contributed by atoms with Crippen LogP contribution in [-0.4, -0.2) is 13.1 Å². The second-order valence-corrected chi connectivity index (χ2v) is 6.68. The number of nitrogens with one attached hydrogen (secondary N) is 1. The highest BCUT2D eigenvalue weighted by Crippen LogP contribution is 2.29. The van der Waals surface area contributed by atoms with E-state index in [0.717, 1.165) is 12.3 Å². The lowest BCUT2D eigenvalue weighted by molar-refractivity contribution is 0.225. The number of hydrogen-bond donors (Lipinski definition) is 1. The Morgan fingerprint density at radius 1 is 1.11 bits per heavy atom. The summed E-state index contributed by atoms with van der Waals surface area (Å²) in [6.07, 6.45) is 2.35. The van der Waals surface area contributed by atoms with Crippen LogP contribution >= 0.6 is 0 Å². The topological polar surface area (TPSA) is 12.0 Å². The number of benzene rings is 1. The van der Waals surface area contributed by atoms with E-state index in [4.69, 9.17) is 0 Å². The Balaban J connectivity index is 2.59. The van der Waals surface area contributed by atoms with E-state index in [-0.39, 0.29) is 0 Å². The molecule has 102 valence electrons. The van der Waals surface area contributed by atoms with Gasteiger partial charge in [-0.3, -0.25) is 0 Å². The highest BCUT2D eigenvalue weighted by Gasteiger charge is 2.23. The third-order valence-corrected chi connectivity index (χ3v) is 4.13. The minimum absolute atomic E-state index is 0.391. The smallest absolute Gasteiger partial charge is 0.0107 e. The predicted molar refractivity (Wildman–Crippen MR) is 81.0 cm³/mol. The van der Waals surface area contributed by atoms with Crippen molar-refractivity contribution in [1.82, 2.24) is 5.32 Å². The van der Waals surface area contributed by atoms with E-state index < -0.39 is 0 Å². The van der Waals surface area contributed by atoms with E-state index in [0.29, 0.717) is 11.5 Å². The van der Waals surface area contributed by atoms with Crippen molar-refractivity contribution in [3.63, 3.8) is 0 Å². The van der Waals surface area contributed by atoms with Gasteiger partial charge in [0.05, 0.1) is 0 Å². The van der Waals surface area contributed by atoms with Gasteiger partial charge < -0.3 is 5.32 Å². The molecule has 0 heterocycles. The van der Waals surface area contributed by atoms with Crippen LogP contribution in [-0.2, 0) is 6.42 Å². The third kappa shape index (κ3) is 4.81. The molecule has 0 saturated carbocycles. The molecule has 0 saturated heterocycles. The maximum atomic E-state index is 3.47. The van der Waals surface area contributed by atoms with E-state index in [9.17, 15) is 0 Å². The first kappa shape index (κ1) is 15.2. The minimum atomic E-state index is 0.391. The van der Waals surface area contributed by atoms with Crippen LogP contribution in [0.3, 0.4) is 0 Å². The minimum Gasteiger partial charge on any atom is -0.317 e. The molecule has 0 aliphatic carbocycles. The van der Waals surface area contributed by atoms with Crippen LogP contribution in [0.1, 0.15) is 45.2 Å². The highest BCUT2D eigenvalue weighted by atomic mass is 14.9. The van der Waals surface area contributed by atoms with Crippen molar-refractivity contribution in [3.05, 3.63) is 35.4 Å². The fourth-order valence-corrected chi connectivity index (χ4v) is 2.09. The Labute approximate surface area is 113 Å². The summed E-state index contributed by atoms with van der Waals surface area (Å²) < 4.78 is 0. The molecule has 1 aromatic rings. The van der Waals surface area contributed by atoms with Crippen molar-refractivity contribution in [1.29, 1.82) is 0 Å². The van der Waals surface area contributed by atoms with Crippen LogP contribution in [0.15, 0.2) is 24.3 Å². The van der Waals surface area contributed by atoms with Gasteiger partial charge in [-0.1, -0.05) is 57.5 Å². The van der Waals surface area contributed by atoms with Gasteiger partial charge in [-0.05, 0) is 43.7 Å². The Kier molecular flexibility index (Phi) is 5.40. The highest BCUT2D eigenvalue weighted by molar-refractivity contribution is 5.22. The van der Waals surface area contributed by atoms with E-state index >= 15 is 0 Å². The summed E-state index contributed by atoms with van der Waals surface area (Å²) in [6.45, 7) is 11.5. The lowest BCUT2D eigenvalue weighted by Crippen LogP contribution is -2.33. The van der Waals surface area contributed by atoms with Gasteiger partial charge in [-0.15, -0.1) is 0 Å². The lowest BCUT2D eigenvalue weighted by Gasteiger charge is -2.30. The largest absolute Gasteiger partial charge is 0.317 e. The summed E-state index contributed by atoms with van der Waals surface area (Å²) in [4.78, 5) is 0. The zero-order valence-corrected chi connectivity index (χ0v) is 12.9. The first-order valence-electron chi connectivity index (χ1n) is 7.05. The van der Waals surface area contributed by atoms with E-state index in [1.807, 2.05) is 0 Å². The molecule has 0 aliphatic heterocycles. The summed E-state index contributed by atoms with van der Waals surface area (Å²) >= 11 is 0. The van der Waals surface area contributed by atoms with Crippen molar-refractivity contribution < 1.29 is 0 Å². The Bertz CT molecular complexity index is 345. The third-order valence-electron chi connectivity index (χ3n) is 4.13. The number of hydrogen-bond acceptors (Lipinski definition) is 1. The molecule has 1 N–H and O–H groups in total. The molecule has 0 radical (unpaired) electrons. The van der Waals surface area contributed by atoms with Crippen molar-refractivity contribution in [2.45, 2.75) is 53.5 Å². The van der Waals surface area contributed by atoms with Gasteiger partial charge in [0, 0.05) is 6.04 Å². The van der Waals surface area contributed by atoms with E-state index in [2.05, 4.69) is 71.2 Å². The molecule has 2 unspecified atom stereocenters. The molecule has 0 amide bonds. The van der Waals surface area contributed by atoms with E-state index in [1.54, 1.807) is 0 Å². The summed E-state index contributed by atoms with van der Waals surface area (Å²) in [5, 5.41) is 3.47. The van der Waals surface area contributed by atoms with Crippen molar-refractivity contribution >= 4 is 0 Å². The SMILES string of the molecule is CNC(Cc1ccc(C)cc1)CC(C)C(C)(C)C. The molecule has 0 bridgehead atoms. The van der Waals surface area contributed by atoms with Crippen LogP contribution in [0.25, 0.3) is 0 Å². The summed E-state index contributed by atoms with van der Waals surface area (Å²) in [6, 6.07) is 9.48. The van der Waals surface area contributed by atoms with Crippen LogP contribution in [0.4, 0.5) is 0 Å². The number of rotatable bonds is 5. The average Bonchev–Trinajstić information content (AvgIpc) is 2.29. The first-order chi connectivity index (χ1) is 8.32. The monoisotopic (exact) mass is 247 g/mol. The summed E-state index contributed by atoms with van der Waals surface area (Å²) in [7, 11) is 2.08. The molecule has 2 atom stereocenters. The normalized spacial score (nSPS) is 15.4. The standard InChI is InChI=1S/C17H29N/c1-13-7-9-15(10-8-13)12-16(18-6)11-14(2)17(3,4)5/h7-10,14,16,18H,11-12H2,1-6H3. The Morgan fingerprint density at radius 2 is 1.67 bits per heavy atom. The molecule has 1 aromatic carbocycles. The van der Waals surface area contributed by atoms with Gasteiger partial charge in [-0.2, -0.15) is 0 Å².